The quantitative estimate of drug-likeness (QED) is 0.766. The highest BCUT2D eigenvalue weighted by atomic mass is 16.3. The van der Waals surface area contributed by atoms with Crippen LogP contribution in [0.2, 0.25) is 0 Å². The van der Waals surface area contributed by atoms with Gasteiger partial charge in [0, 0.05) is 18.9 Å². The maximum Gasteiger partial charge on any atom is 0.180 e. The van der Waals surface area contributed by atoms with Crippen LogP contribution in [0, 0.1) is 0 Å². The van der Waals surface area contributed by atoms with Crippen molar-refractivity contribution in [3.8, 4) is 0 Å². The summed E-state index contributed by atoms with van der Waals surface area (Å²) in [6.45, 7) is 8.43. The first-order valence-electron chi connectivity index (χ1n) is 6.48. The van der Waals surface area contributed by atoms with Gasteiger partial charge in [-0.2, -0.15) is 0 Å². The number of rotatable bonds is 5. The van der Waals surface area contributed by atoms with Gasteiger partial charge in [0.15, 0.2) is 11.5 Å². The lowest BCUT2D eigenvalue weighted by molar-refractivity contribution is 0.133. The Morgan fingerprint density at radius 3 is 2.84 bits per heavy atom. The molecule has 0 bridgehead atoms. The minimum atomic E-state index is -0.507. The second kappa shape index (κ2) is 5.05. The summed E-state index contributed by atoms with van der Waals surface area (Å²) in [5, 5.41) is 16.2. The van der Waals surface area contributed by atoms with E-state index in [4.69, 9.17) is 0 Å². The molecule has 1 unspecified atom stereocenters. The third kappa shape index (κ3) is 2.78. The molecule has 0 aromatic carbocycles. The number of anilines is 2. The van der Waals surface area contributed by atoms with Crippen LogP contribution in [0.4, 0.5) is 11.6 Å². The Hall–Kier alpha value is -1.82. The topological polar surface area (TPSA) is 74.5 Å². The highest BCUT2D eigenvalue weighted by molar-refractivity contribution is 5.66. The van der Waals surface area contributed by atoms with E-state index in [1.807, 2.05) is 37.6 Å². The van der Waals surface area contributed by atoms with Crippen LogP contribution in [0.25, 0.3) is 5.65 Å². The standard InChI is InChI=1S/C13H21N5O/c1-5-14-10-8-18-7-6-15-12(18)11(16-10)17-13(3,4)9(2)19/h6-9,14,19H,5H2,1-4H3,(H,16,17). The van der Waals surface area contributed by atoms with Gasteiger partial charge in [-0.05, 0) is 27.7 Å². The molecule has 6 heteroatoms. The van der Waals surface area contributed by atoms with E-state index in [1.54, 1.807) is 13.1 Å². The summed E-state index contributed by atoms with van der Waals surface area (Å²) in [7, 11) is 0. The van der Waals surface area contributed by atoms with Crippen LogP contribution in [0.3, 0.4) is 0 Å². The van der Waals surface area contributed by atoms with Crippen molar-refractivity contribution in [2.45, 2.75) is 39.3 Å². The predicted molar refractivity (Wildman–Crippen MR) is 76.5 cm³/mol. The summed E-state index contributed by atoms with van der Waals surface area (Å²) in [4.78, 5) is 8.81. The van der Waals surface area contributed by atoms with Crippen molar-refractivity contribution in [2.24, 2.45) is 0 Å². The minimum Gasteiger partial charge on any atom is -0.391 e. The van der Waals surface area contributed by atoms with Gasteiger partial charge in [0.2, 0.25) is 0 Å². The SMILES string of the molecule is CCNc1cn2ccnc2c(NC(C)(C)C(C)O)n1. The second-order valence-electron chi connectivity index (χ2n) is 5.19. The first-order chi connectivity index (χ1) is 8.94. The number of hydrogen-bond donors (Lipinski definition) is 3. The molecule has 0 aliphatic rings. The molecule has 0 amide bonds. The molecule has 1 atom stereocenters. The molecule has 0 fully saturated rings. The molecule has 104 valence electrons. The van der Waals surface area contributed by atoms with Crippen molar-refractivity contribution in [3.05, 3.63) is 18.6 Å². The van der Waals surface area contributed by atoms with Crippen LogP contribution < -0.4 is 10.6 Å². The van der Waals surface area contributed by atoms with Crippen LogP contribution in [-0.2, 0) is 0 Å². The summed E-state index contributed by atoms with van der Waals surface area (Å²) in [6.07, 6.45) is 4.99. The molecule has 0 spiro atoms. The highest BCUT2D eigenvalue weighted by Gasteiger charge is 2.25. The summed E-state index contributed by atoms with van der Waals surface area (Å²) < 4.78 is 1.91. The van der Waals surface area contributed by atoms with E-state index >= 15 is 0 Å². The maximum absolute atomic E-state index is 9.80. The maximum atomic E-state index is 9.80. The number of aliphatic hydroxyl groups is 1. The molecular formula is C13H21N5O. The Kier molecular flexibility index (Phi) is 3.61. The first-order valence-corrected chi connectivity index (χ1v) is 6.48. The minimum absolute atomic E-state index is 0.482. The third-order valence-electron chi connectivity index (χ3n) is 3.22. The van der Waals surface area contributed by atoms with Gasteiger partial charge in [-0.1, -0.05) is 0 Å². The lowest BCUT2D eigenvalue weighted by Gasteiger charge is -2.30. The van der Waals surface area contributed by atoms with E-state index in [1.165, 1.54) is 0 Å². The van der Waals surface area contributed by atoms with Crippen molar-refractivity contribution in [1.82, 2.24) is 14.4 Å². The zero-order valence-corrected chi connectivity index (χ0v) is 11.8. The van der Waals surface area contributed by atoms with Gasteiger partial charge in [-0.25, -0.2) is 9.97 Å². The van der Waals surface area contributed by atoms with E-state index in [2.05, 4.69) is 20.6 Å². The van der Waals surface area contributed by atoms with Crippen molar-refractivity contribution in [3.63, 3.8) is 0 Å². The van der Waals surface area contributed by atoms with Gasteiger partial charge >= 0.3 is 0 Å². The molecular weight excluding hydrogens is 242 g/mol. The molecule has 2 aromatic rings. The van der Waals surface area contributed by atoms with Crippen LogP contribution in [0.1, 0.15) is 27.7 Å². The Morgan fingerprint density at radius 1 is 1.47 bits per heavy atom. The Morgan fingerprint density at radius 2 is 2.21 bits per heavy atom. The molecule has 2 heterocycles. The van der Waals surface area contributed by atoms with Gasteiger partial charge in [0.05, 0.1) is 17.8 Å². The molecule has 0 saturated heterocycles. The van der Waals surface area contributed by atoms with E-state index < -0.39 is 11.6 Å². The second-order valence-corrected chi connectivity index (χ2v) is 5.19. The molecule has 19 heavy (non-hydrogen) atoms. The number of aromatic nitrogens is 3. The van der Waals surface area contributed by atoms with Gasteiger partial charge in [0.25, 0.3) is 0 Å². The lowest BCUT2D eigenvalue weighted by Crippen LogP contribution is -2.42. The van der Waals surface area contributed by atoms with Crippen molar-refractivity contribution in [1.29, 1.82) is 0 Å². The fraction of sp³-hybridized carbons (Fsp3) is 0.538. The fourth-order valence-corrected chi connectivity index (χ4v) is 1.69. The van der Waals surface area contributed by atoms with E-state index in [0.717, 1.165) is 18.0 Å². The molecule has 2 aromatic heterocycles. The van der Waals surface area contributed by atoms with E-state index in [-0.39, 0.29) is 0 Å². The Labute approximate surface area is 112 Å². The third-order valence-corrected chi connectivity index (χ3v) is 3.22. The summed E-state index contributed by atoms with van der Waals surface area (Å²) in [5.41, 5.74) is 0.264. The predicted octanol–water partition coefficient (Wildman–Crippen LogP) is 1.73. The molecule has 0 aliphatic carbocycles. The summed E-state index contributed by atoms with van der Waals surface area (Å²) in [5.74, 6) is 1.44. The average molecular weight is 263 g/mol. The fourth-order valence-electron chi connectivity index (χ4n) is 1.69. The first kappa shape index (κ1) is 13.6. The lowest BCUT2D eigenvalue weighted by atomic mass is 9.99. The molecule has 0 saturated carbocycles. The van der Waals surface area contributed by atoms with Crippen LogP contribution in [-0.4, -0.2) is 37.7 Å². The van der Waals surface area contributed by atoms with Gasteiger partial charge < -0.3 is 20.1 Å². The van der Waals surface area contributed by atoms with Crippen molar-refractivity contribution >= 4 is 17.3 Å². The van der Waals surface area contributed by atoms with Gasteiger partial charge in [-0.3, -0.25) is 0 Å². The van der Waals surface area contributed by atoms with Crippen molar-refractivity contribution in [2.75, 3.05) is 17.2 Å². The van der Waals surface area contributed by atoms with Gasteiger partial charge in [-0.15, -0.1) is 0 Å². The number of aliphatic hydroxyl groups excluding tert-OH is 1. The zero-order valence-electron chi connectivity index (χ0n) is 11.8. The molecule has 0 aliphatic heterocycles. The number of hydrogen-bond acceptors (Lipinski definition) is 5. The number of fused-ring (bicyclic) bond motifs is 1. The summed E-state index contributed by atoms with van der Waals surface area (Å²) in [6, 6.07) is 0. The molecule has 0 radical (unpaired) electrons. The summed E-state index contributed by atoms with van der Waals surface area (Å²) >= 11 is 0. The van der Waals surface area contributed by atoms with Crippen LogP contribution in [0.15, 0.2) is 18.6 Å². The molecule has 6 nitrogen and oxygen atoms in total. The molecule has 3 N–H and O–H groups in total. The van der Waals surface area contributed by atoms with Crippen LogP contribution >= 0.6 is 0 Å². The number of nitrogens with zero attached hydrogens (tertiary/aromatic N) is 3. The van der Waals surface area contributed by atoms with E-state index in [0.29, 0.717) is 5.82 Å². The largest absolute Gasteiger partial charge is 0.391 e. The highest BCUT2D eigenvalue weighted by Crippen LogP contribution is 2.22. The molecule has 2 rings (SSSR count). The van der Waals surface area contributed by atoms with Crippen LogP contribution in [0.5, 0.6) is 0 Å². The Bertz CT molecular complexity index is 561. The number of imidazole rings is 1. The Balaban J connectivity index is 2.43. The number of nitrogens with one attached hydrogen (secondary N) is 2. The van der Waals surface area contributed by atoms with Gasteiger partial charge in [0.1, 0.15) is 5.82 Å². The van der Waals surface area contributed by atoms with Crippen molar-refractivity contribution < 1.29 is 5.11 Å². The smallest absolute Gasteiger partial charge is 0.180 e. The normalized spacial score (nSPS) is 13.5. The average Bonchev–Trinajstić information content (AvgIpc) is 2.77. The zero-order chi connectivity index (χ0) is 14.0. The van der Waals surface area contributed by atoms with E-state index in [9.17, 15) is 5.11 Å². The monoisotopic (exact) mass is 263 g/mol.